The van der Waals surface area contributed by atoms with Gasteiger partial charge in [0.1, 0.15) is 4.38 Å². The van der Waals surface area contributed by atoms with Gasteiger partial charge in [-0.2, -0.15) is 4.76 Å². The second-order valence-corrected chi connectivity index (χ2v) is 7.34. The monoisotopic (exact) mass is 283 g/mol. The summed E-state index contributed by atoms with van der Waals surface area (Å²) in [6.45, 7) is 6.41. The summed E-state index contributed by atoms with van der Waals surface area (Å²) in [7, 11) is -3.26. The van der Waals surface area contributed by atoms with Crippen LogP contribution in [0.4, 0.5) is 0 Å². The zero-order valence-corrected chi connectivity index (χ0v) is 12.4. The molecule has 0 saturated carbocycles. The molecule has 1 saturated heterocycles. The van der Waals surface area contributed by atoms with Crippen LogP contribution in [0.1, 0.15) is 27.2 Å². The largest absolute Gasteiger partial charge is 0.455 e. The van der Waals surface area contributed by atoms with E-state index in [0.29, 0.717) is 18.5 Å². The molecule has 1 unspecified atom stereocenters. The van der Waals surface area contributed by atoms with E-state index in [1.54, 1.807) is 37.4 Å². The number of hydrogen-bond acceptors (Lipinski definition) is 5. The highest BCUT2D eigenvalue weighted by Crippen LogP contribution is 2.52. The third-order valence-corrected chi connectivity index (χ3v) is 6.68. The Morgan fingerprint density at radius 1 is 1.38 bits per heavy atom. The van der Waals surface area contributed by atoms with Crippen LogP contribution in [0.5, 0.6) is 0 Å². The molecule has 1 rings (SSSR count). The molecule has 0 aromatic rings. The van der Waals surface area contributed by atoms with Crippen molar-refractivity contribution in [2.24, 2.45) is 4.76 Å². The van der Waals surface area contributed by atoms with Crippen molar-refractivity contribution in [1.82, 2.24) is 0 Å². The molecule has 1 fully saturated rings. The molecule has 0 aromatic carbocycles. The summed E-state index contributed by atoms with van der Waals surface area (Å²) in [5.74, 6) is 1.03. The molecule has 0 spiro atoms. The van der Waals surface area contributed by atoms with Gasteiger partial charge in [0, 0.05) is 11.0 Å². The first-order chi connectivity index (χ1) is 7.63. The second kappa shape index (κ2) is 7.07. The maximum Gasteiger partial charge on any atom is 0.455 e. The van der Waals surface area contributed by atoms with Crippen molar-refractivity contribution in [2.75, 3.05) is 19.0 Å². The van der Waals surface area contributed by atoms with Gasteiger partial charge < -0.3 is 0 Å². The van der Waals surface area contributed by atoms with E-state index < -0.39 is 7.75 Å². The molecule has 94 valence electrons. The van der Waals surface area contributed by atoms with Crippen LogP contribution in [0.2, 0.25) is 0 Å². The Bertz CT molecular complexity index is 288. The van der Waals surface area contributed by atoms with Crippen molar-refractivity contribution >= 4 is 35.6 Å². The molecule has 16 heavy (non-hydrogen) atoms. The van der Waals surface area contributed by atoms with Gasteiger partial charge in [0.25, 0.3) is 0 Å². The van der Waals surface area contributed by atoms with Crippen LogP contribution in [0.3, 0.4) is 0 Å². The smallest absolute Gasteiger partial charge is 0.291 e. The van der Waals surface area contributed by atoms with Crippen LogP contribution in [0, 0.1) is 0 Å². The number of nitrogens with zero attached hydrogens (tertiary/aromatic N) is 1. The van der Waals surface area contributed by atoms with E-state index in [-0.39, 0.29) is 0 Å². The highest BCUT2D eigenvalue weighted by Gasteiger charge is 2.28. The van der Waals surface area contributed by atoms with Gasteiger partial charge in [-0.15, -0.1) is 0 Å². The molecule has 0 radical (unpaired) electrons. The molecule has 0 bridgehead atoms. The maximum atomic E-state index is 12.1. The zero-order valence-electron chi connectivity index (χ0n) is 9.84. The Morgan fingerprint density at radius 2 is 2.00 bits per heavy atom. The summed E-state index contributed by atoms with van der Waals surface area (Å²) in [6.07, 6.45) is 1.10. The Labute approximate surface area is 106 Å². The average molecular weight is 283 g/mol. The fourth-order valence-electron chi connectivity index (χ4n) is 1.15. The minimum atomic E-state index is -3.26. The Morgan fingerprint density at radius 3 is 2.44 bits per heavy atom. The lowest BCUT2D eigenvalue weighted by atomic mass is 10.4. The highest BCUT2D eigenvalue weighted by molar-refractivity contribution is 8.42. The molecular formula is C9H18NO3PS2. The third-order valence-electron chi connectivity index (χ3n) is 1.90. The molecule has 0 aliphatic carbocycles. The SMILES string of the molecule is CCOP(=O)(N=C1SCC(CC)S1)OCC. The van der Waals surface area contributed by atoms with Crippen molar-refractivity contribution < 1.29 is 13.6 Å². The van der Waals surface area contributed by atoms with Gasteiger partial charge in [0.2, 0.25) is 0 Å². The molecule has 1 aliphatic heterocycles. The summed E-state index contributed by atoms with van der Waals surface area (Å²) in [4.78, 5) is 0. The van der Waals surface area contributed by atoms with Crippen molar-refractivity contribution in [1.29, 1.82) is 0 Å². The first-order valence-electron chi connectivity index (χ1n) is 5.42. The van der Waals surface area contributed by atoms with Gasteiger partial charge in [-0.3, -0.25) is 9.05 Å². The fourth-order valence-corrected chi connectivity index (χ4v) is 5.59. The normalized spacial score (nSPS) is 24.2. The molecule has 1 aliphatic rings. The predicted octanol–water partition coefficient (Wildman–Crippen LogP) is 3.78. The number of rotatable bonds is 6. The molecule has 0 N–H and O–H groups in total. The first-order valence-corrected chi connectivity index (χ1v) is 8.78. The molecule has 1 heterocycles. The Balaban J connectivity index is 2.67. The van der Waals surface area contributed by atoms with Gasteiger partial charge in [0.05, 0.1) is 13.2 Å². The number of hydrogen-bond donors (Lipinski definition) is 0. The van der Waals surface area contributed by atoms with Crippen LogP contribution in [-0.4, -0.2) is 28.6 Å². The lowest BCUT2D eigenvalue weighted by Crippen LogP contribution is -1.97. The molecule has 1 atom stereocenters. The van der Waals surface area contributed by atoms with Crippen molar-refractivity contribution in [3.8, 4) is 0 Å². The van der Waals surface area contributed by atoms with Gasteiger partial charge in [-0.05, 0) is 20.3 Å². The fraction of sp³-hybridized carbons (Fsp3) is 0.889. The van der Waals surface area contributed by atoms with Crippen molar-refractivity contribution in [3.05, 3.63) is 0 Å². The summed E-state index contributed by atoms with van der Waals surface area (Å²) in [6, 6.07) is 0. The standard InChI is InChI=1S/C9H18NO3PS2/c1-4-8-7-15-9(16-8)10-14(11,12-5-2)13-6-3/h8H,4-7H2,1-3H3. The minimum Gasteiger partial charge on any atom is -0.291 e. The van der Waals surface area contributed by atoms with E-state index in [2.05, 4.69) is 11.7 Å². The van der Waals surface area contributed by atoms with Crippen LogP contribution in [0.25, 0.3) is 0 Å². The second-order valence-electron chi connectivity index (χ2n) is 3.13. The Kier molecular flexibility index (Phi) is 6.44. The maximum absolute atomic E-state index is 12.1. The van der Waals surface area contributed by atoms with E-state index >= 15 is 0 Å². The van der Waals surface area contributed by atoms with Gasteiger partial charge >= 0.3 is 7.75 Å². The van der Waals surface area contributed by atoms with E-state index in [9.17, 15) is 4.57 Å². The molecule has 4 nitrogen and oxygen atoms in total. The molecular weight excluding hydrogens is 265 g/mol. The molecule has 0 aromatic heterocycles. The van der Waals surface area contributed by atoms with E-state index in [4.69, 9.17) is 9.05 Å². The summed E-state index contributed by atoms with van der Waals surface area (Å²) < 4.78 is 27.3. The summed E-state index contributed by atoms with van der Waals surface area (Å²) in [5, 5.41) is 0.570. The van der Waals surface area contributed by atoms with Crippen LogP contribution >= 0.6 is 31.3 Å². The van der Waals surface area contributed by atoms with Crippen molar-refractivity contribution in [3.63, 3.8) is 0 Å². The molecule has 7 heteroatoms. The minimum absolute atomic E-state index is 0.348. The van der Waals surface area contributed by atoms with Gasteiger partial charge in [-0.25, -0.2) is 4.57 Å². The average Bonchev–Trinajstić information content (AvgIpc) is 2.65. The van der Waals surface area contributed by atoms with E-state index in [0.717, 1.165) is 16.5 Å². The molecule has 0 amide bonds. The van der Waals surface area contributed by atoms with Crippen LogP contribution in [0.15, 0.2) is 4.76 Å². The van der Waals surface area contributed by atoms with Gasteiger partial charge in [0.15, 0.2) is 0 Å². The zero-order chi connectivity index (χ0) is 12.0. The predicted molar refractivity (Wildman–Crippen MR) is 72.4 cm³/mol. The highest BCUT2D eigenvalue weighted by atomic mass is 32.2. The van der Waals surface area contributed by atoms with E-state index in [1.165, 1.54) is 0 Å². The van der Waals surface area contributed by atoms with Crippen LogP contribution in [-0.2, 0) is 13.6 Å². The lowest BCUT2D eigenvalue weighted by Gasteiger charge is -2.11. The number of thioether (sulfide) groups is 2. The third kappa shape index (κ3) is 4.41. The van der Waals surface area contributed by atoms with E-state index in [1.807, 2.05) is 0 Å². The quantitative estimate of drug-likeness (QED) is 0.694. The first kappa shape index (κ1) is 14.6. The Hall–Kier alpha value is 0.520. The lowest BCUT2D eigenvalue weighted by molar-refractivity contribution is 0.221. The van der Waals surface area contributed by atoms with Crippen molar-refractivity contribution in [2.45, 2.75) is 32.4 Å². The van der Waals surface area contributed by atoms with Crippen LogP contribution < -0.4 is 0 Å². The topological polar surface area (TPSA) is 47.9 Å². The summed E-state index contributed by atoms with van der Waals surface area (Å²) in [5.41, 5.74) is 0. The summed E-state index contributed by atoms with van der Waals surface area (Å²) >= 11 is 3.30. The van der Waals surface area contributed by atoms with Gasteiger partial charge in [-0.1, -0.05) is 30.4 Å².